The van der Waals surface area contributed by atoms with Crippen molar-refractivity contribution in [1.29, 1.82) is 0 Å². The average molecular weight is 194 g/mol. The van der Waals surface area contributed by atoms with Gasteiger partial charge in [0.25, 0.3) is 0 Å². The van der Waals surface area contributed by atoms with Crippen LogP contribution in [0, 0.1) is 5.92 Å². The van der Waals surface area contributed by atoms with E-state index in [0.29, 0.717) is 0 Å². The quantitative estimate of drug-likeness (QED) is 0.711. The van der Waals surface area contributed by atoms with E-state index >= 15 is 0 Å². The van der Waals surface area contributed by atoms with Crippen molar-refractivity contribution in [2.45, 2.75) is 25.5 Å². The number of carboxylic acid groups (broad SMARTS) is 1. The second-order valence-electron chi connectivity index (χ2n) is 3.44. The molecule has 12 heavy (non-hydrogen) atoms. The molecule has 0 saturated heterocycles. The highest BCUT2D eigenvalue weighted by molar-refractivity contribution is 7.92. The molecule has 72 valence electrons. The summed E-state index contributed by atoms with van der Waals surface area (Å²) < 4.78 is 21.1. The molecule has 1 N–H and O–H groups in total. The van der Waals surface area contributed by atoms with Gasteiger partial charge < -0.3 is 5.11 Å². The number of sulfone groups is 1. The maximum atomic E-state index is 11.1. The van der Waals surface area contributed by atoms with E-state index in [1.807, 2.05) is 0 Å². The fraction of sp³-hybridized carbons (Fsp3) is 0.857. The smallest absolute Gasteiger partial charge is 0.307 e. The molecule has 0 spiro atoms. The summed E-state index contributed by atoms with van der Waals surface area (Å²) in [6.07, 6.45) is 1.05. The third-order valence-corrected chi connectivity index (χ3v) is 4.63. The Balaban J connectivity index is 5.00. The third kappa shape index (κ3) is 1.97. The molecule has 0 bridgehead atoms. The predicted octanol–water partition coefficient (Wildman–Crippen LogP) is 0.530. The van der Waals surface area contributed by atoms with Crippen molar-refractivity contribution in [3.8, 4) is 0 Å². The Morgan fingerprint density at radius 1 is 1.42 bits per heavy atom. The lowest BCUT2D eigenvalue weighted by Crippen LogP contribution is -2.41. The fourth-order valence-electron chi connectivity index (χ4n) is 0.618. The van der Waals surface area contributed by atoms with Crippen LogP contribution in [0.2, 0.25) is 0 Å². The van der Waals surface area contributed by atoms with Crippen LogP contribution < -0.4 is 0 Å². The van der Waals surface area contributed by atoms with Crippen LogP contribution in [0.4, 0.5) is 0 Å². The van der Waals surface area contributed by atoms with E-state index in [1.165, 1.54) is 20.8 Å². The van der Waals surface area contributed by atoms with E-state index in [1.54, 1.807) is 0 Å². The van der Waals surface area contributed by atoms with Gasteiger partial charge in [-0.15, -0.1) is 0 Å². The Morgan fingerprint density at radius 3 is 1.83 bits per heavy atom. The molecule has 0 amide bonds. The molecule has 0 aromatic heterocycles. The lowest BCUT2D eigenvalue weighted by atomic mass is 9.97. The Hall–Kier alpha value is -0.580. The van der Waals surface area contributed by atoms with Crippen LogP contribution in [-0.2, 0) is 14.6 Å². The van der Waals surface area contributed by atoms with Gasteiger partial charge in [-0.3, -0.25) is 4.79 Å². The van der Waals surface area contributed by atoms with Gasteiger partial charge in [-0.25, -0.2) is 8.42 Å². The number of hydrogen-bond donors (Lipinski definition) is 1. The SMILES string of the molecule is CC(C(=O)O)C(C)(C)S(C)(=O)=O. The van der Waals surface area contributed by atoms with E-state index < -0.39 is 26.5 Å². The third-order valence-electron chi connectivity index (χ3n) is 2.37. The minimum absolute atomic E-state index is 0.896. The van der Waals surface area contributed by atoms with Crippen molar-refractivity contribution < 1.29 is 18.3 Å². The first-order valence-corrected chi connectivity index (χ1v) is 5.42. The number of aliphatic carboxylic acids is 1. The molecule has 0 saturated carbocycles. The Labute approximate surface area is 72.5 Å². The van der Waals surface area contributed by atoms with Crippen LogP contribution >= 0.6 is 0 Å². The van der Waals surface area contributed by atoms with Crippen LogP contribution in [-0.4, -0.2) is 30.5 Å². The number of rotatable bonds is 3. The predicted molar refractivity (Wildman–Crippen MR) is 45.7 cm³/mol. The lowest BCUT2D eigenvalue weighted by Gasteiger charge is -2.26. The molecule has 0 rings (SSSR count). The van der Waals surface area contributed by atoms with Gasteiger partial charge in [0.1, 0.15) is 0 Å². The summed E-state index contributed by atoms with van der Waals surface area (Å²) in [4.78, 5) is 10.5. The highest BCUT2D eigenvalue weighted by atomic mass is 32.2. The molecule has 0 aliphatic heterocycles. The van der Waals surface area contributed by atoms with Gasteiger partial charge in [0.15, 0.2) is 9.84 Å². The molecular weight excluding hydrogens is 180 g/mol. The zero-order valence-corrected chi connectivity index (χ0v) is 8.47. The Kier molecular flexibility index (Phi) is 2.90. The Morgan fingerprint density at radius 2 is 1.75 bits per heavy atom. The van der Waals surface area contributed by atoms with Gasteiger partial charge in [-0.05, 0) is 13.8 Å². The minimum Gasteiger partial charge on any atom is -0.481 e. The van der Waals surface area contributed by atoms with E-state index in [9.17, 15) is 13.2 Å². The second-order valence-corrected chi connectivity index (χ2v) is 6.03. The monoisotopic (exact) mass is 194 g/mol. The maximum Gasteiger partial charge on any atom is 0.307 e. The standard InChI is InChI=1S/C7H14O4S/c1-5(6(8)9)7(2,3)12(4,10)11/h5H,1-4H3,(H,8,9). The summed E-state index contributed by atoms with van der Waals surface area (Å²) in [5.41, 5.74) is 0. The summed E-state index contributed by atoms with van der Waals surface area (Å²) in [6, 6.07) is 0. The highest BCUT2D eigenvalue weighted by Gasteiger charge is 2.40. The zero-order chi connectivity index (χ0) is 10.2. The number of hydrogen-bond acceptors (Lipinski definition) is 3. The number of carboxylic acids is 1. The average Bonchev–Trinajstić information content (AvgIpc) is 1.83. The van der Waals surface area contributed by atoms with Crippen molar-refractivity contribution in [2.24, 2.45) is 5.92 Å². The van der Waals surface area contributed by atoms with Crippen LogP contribution in [0.25, 0.3) is 0 Å². The van der Waals surface area contributed by atoms with E-state index in [2.05, 4.69) is 0 Å². The normalized spacial score (nSPS) is 15.7. The van der Waals surface area contributed by atoms with Gasteiger partial charge >= 0.3 is 5.97 Å². The summed E-state index contributed by atoms with van der Waals surface area (Å²) >= 11 is 0. The van der Waals surface area contributed by atoms with Crippen molar-refractivity contribution >= 4 is 15.8 Å². The van der Waals surface area contributed by atoms with Gasteiger partial charge in [-0.2, -0.15) is 0 Å². The molecule has 0 aliphatic carbocycles. The van der Waals surface area contributed by atoms with Gasteiger partial charge in [0.05, 0.1) is 10.7 Å². The summed E-state index contributed by atoms with van der Waals surface area (Å²) in [7, 11) is -3.33. The molecule has 1 unspecified atom stereocenters. The topological polar surface area (TPSA) is 71.4 Å². The lowest BCUT2D eigenvalue weighted by molar-refractivity contribution is -0.142. The molecule has 0 aromatic rings. The molecule has 5 heteroatoms. The highest BCUT2D eigenvalue weighted by Crippen LogP contribution is 2.25. The van der Waals surface area contributed by atoms with Crippen molar-refractivity contribution in [3.05, 3.63) is 0 Å². The number of carbonyl (C=O) groups is 1. The molecule has 1 atom stereocenters. The summed E-state index contributed by atoms with van der Waals surface area (Å²) in [6.45, 7) is 4.23. The molecular formula is C7H14O4S. The van der Waals surface area contributed by atoms with Crippen molar-refractivity contribution in [1.82, 2.24) is 0 Å². The molecule has 4 nitrogen and oxygen atoms in total. The Bertz CT molecular complexity index is 276. The molecule has 0 radical (unpaired) electrons. The molecule has 0 fully saturated rings. The molecule has 0 aliphatic rings. The van der Waals surface area contributed by atoms with Crippen LogP contribution in [0.15, 0.2) is 0 Å². The maximum absolute atomic E-state index is 11.1. The molecule has 0 aromatic carbocycles. The van der Waals surface area contributed by atoms with Crippen molar-refractivity contribution in [3.63, 3.8) is 0 Å². The van der Waals surface area contributed by atoms with Gasteiger partial charge in [-0.1, -0.05) is 6.92 Å². The fourth-order valence-corrected chi connectivity index (χ4v) is 1.36. The zero-order valence-electron chi connectivity index (χ0n) is 7.66. The van der Waals surface area contributed by atoms with Gasteiger partial charge in [0.2, 0.25) is 0 Å². The first kappa shape index (κ1) is 11.4. The van der Waals surface area contributed by atoms with Gasteiger partial charge in [0, 0.05) is 6.26 Å². The van der Waals surface area contributed by atoms with E-state index in [4.69, 9.17) is 5.11 Å². The van der Waals surface area contributed by atoms with Crippen LogP contribution in [0.1, 0.15) is 20.8 Å². The van der Waals surface area contributed by atoms with Crippen LogP contribution in [0.5, 0.6) is 0 Å². The first-order valence-electron chi connectivity index (χ1n) is 3.53. The van der Waals surface area contributed by atoms with E-state index in [0.717, 1.165) is 6.26 Å². The molecule has 0 heterocycles. The largest absolute Gasteiger partial charge is 0.481 e. The second kappa shape index (κ2) is 3.05. The van der Waals surface area contributed by atoms with Crippen molar-refractivity contribution in [2.75, 3.05) is 6.26 Å². The minimum atomic E-state index is -3.33. The summed E-state index contributed by atoms with van der Waals surface area (Å²) in [5, 5.41) is 8.62. The first-order chi connectivity index (χ1) is 5.10. The summed E-state index contributed by atoms with van der Waals surface area (Å²) in [5.74, 6) is -1.99. The van der Waals surface area contributed by atoms with E-state index in [-0.39, 0.29) is 0 Å². The van der Waals surface area contributed by atoms with Crippen LogP contribution in [0.3, 0.4) is 0 Å².